The maximum Gasteiger partial charge on any atom is 0.226 e. The molecule has 2 aromatic heterocycles. The fraction of sp³-hybridized carbons (Fsp3) is 0.400. The molecule has 0 aliphatic carbocycles. The van der Waals surface area contributed by atoms with Crippen molar-refractivity contribution in [3.63, 3.8) is 0 Å². The maximum atomic E-state index is 5.18. The Kier molecular flexibility index (Phi) is 5.42. The van der Waals surface area contributed by atoms with Crippen LogP contribution in [0.5, 0.6) is 5.75 Å². The molecule has 126 valence electrons. The Morgan fingerprint density at radius 1 is 1.25 bits per heavy atom. The van der Waals surface area contributed by atoms with Gasteiger partial charge in [-0.3, -0.25) is 0 Å². The summed E-state index contributed by atoms with van der Waals surface area (Å²) in [5.41, 5.74) is 1.09. The van der Waals surface area contributed by atoms with Crippen molar-refractivity contribution in [1.82, 2.24) is 30.3 Å². The number of aryl methyl sites for hydroxylation is 1. The van der Waals surface area contributed by atoms with E-state index in [1.165, 1.54) is 11.8 Å². The van der Waals surface area contributed by atoms with Gasteiger partial charge in [0.1, 0.15) is 5.75 Å². The maximum absolute atomic E-state index is 5.18. The Bertz CT molecular complexity index is 770. The molecule has 0 fully saturated rings. The molecular weight excluding hydrogens is 328 g/mol. The number of hydrogen-bond donors (Lipinski definition) is 0. The fourth-order valence-electron chi connectivity index (χ4n) is 2.10. The van der Waals surface area contributed by atoms with Crippen molar-refractivity contribution in [3.8, 4) is 5.75 Å². The second kappa shape index (κ2) is 7.91. The molecule has 0 aliphatic heterocycles. The third-order valence-corrected chi connectivity index (χ3v) is 4.25. The van der Waals surface area contributed by atoms with Gasteiger partial charge in [-0.05, 0) is 34.5 Å². The van der Waals surface area contributed by atoms with E-state index in [2.05, 4.69) is 32.6 Å². The molecule has 0 radical (unpaired) electrons. The number of rotatable bonds is 8. The molecule has 0 saturated carbocycles. The summed E-state index contributed by atoms with van der Waals surface area (Å²) < 4.78 is 12.1. The Labute approximate surface area is 143 Å². The minimum absolute atomic E-state index is 0.566. The van der Waals surface area contributed by atoms with Gasteiger partial charge in [-0.25, -0.2) is 4.68 Å². The average Bonchev–Trinajstić information content (AvgIpc) is 3.23. The van der Waals surface area contributed by atoms with E-state index < -0.39 is 0 Å². The highest BCUT2D eigenvalue weighted by molar-refractivity contribution is 7.98. The van der Waals surface area contributed by atoms with Crippen LogP contribution in [0.2, 0.25) is 0 Å². The second-order valence-electron chi connectivity index (χ2n) is 5.11. The summed E-state index contributed by atoms with van der Waals surface area (Å²) in [6, 6.07) is 7.82. The predicted molar refractivity (Wildman–Crippen MR) is 87.8 cm³/mol. The summed E-state index contributed by atoms with van der Waals surface area (Å²) in [4.78, 5) is 4.34. The van der Waals surface area contributed by atoms with Crippen LogP contribution in [0.4, 0.5) is 0 Å². The van der Waals surface area contributed by atoms with Gasteiger partial charge in [-0.2, -0.15) is 4.98 Å². The highest BCUT2D eigenvalue weighted by atomic mass is 32.2. The summed E-state index contributed by atoms with van der Waals surface area (Å²) in [5, 5.41) is 16.5. The van der Waals surface area contributed by atoms with E-state index in [0.717, 1.165) is 24.2 Å². The van der Waals surface area contributed by atoms with E-state index >= 15 is 0 Å². The average molecular weight is 346 g/mol. The van der Waals surface area contributed by atoms with Gasteiger partial charge >= 0.3 is 0 Å². The Hall–Kier alpha value is -2.42. The molecular formula is C15H18N6O2S. The lowest BCUT2D eigenvalue weighted by atomic mass is 10.2. The van der Waals surface area contributed by atoms with Crippen molar-refractivity contribution in [2.45, 2.75) is 37.2 Å². The van der Waals surface area contributed by atoms with E-state index in [1.807, 2.05) is 24.3 Å². The molecule has 0 N–H and O–H groups in total. The highest BCUT2D eigenvalue weighted by Crippen LogP contribution is 2.20. The smallest absolute Gasteiger partial charge is 0.226 e. The minimum Gasteiger partial charge on any atom is -0.497 e. The molecule has 0 aliphatic rings. The number of thioether (sulfide) groups is 1. The summed E-state index contributed by atoms with van der Waals surface area (Å²) in [5.74, 6) is 2.72. The van der Waals surface area contributed by atoms with Gasteiger partial charge in [0.2, 0.25) is 11.0 Å². The van der Waals surface area contributed by atoms with Crippen LogP contribution in [0.3, 0.4) is 0 Å². The lowest BCUT2D eigenvalue weighted by Gasteiger charge is -2.05. The summed E-state index contributed by atoms with van der Waals surface area (Å²) in [7, 11) is 1.65. The lowest BCUT2D eigenvalue weighted by molar-refractivity contribution is 0.373. The van der Waals surface area contributed by atoms with E-state index in [4.69, 9.17) is 9.26 Å². The third kappa shape index (κ3) is 4.10. The molecule has 0 unspecified atom stereocenters. The van der Waals surface area contributed by atoms with Crippen molar-refractivity contribution in [2.75, 3.05) is 7.11 Å². The van der Waals surface area contributed by atoms with Crippen molar-refractivity contribution >= 4 is 11.8 Å². The molecule has 0 bridgehead atoms. The van der Waals surface area contributed by atoms with Gasteiger partial charge in [0.15, 0.2) is 5.82 Å². The van der Waals surface area contributed by atoms with Gasteiger partial charge in [0.05, 0.1) is 19.4 Å². The largest absolute Gasteiger partial charge is 0.497 e. The fourth-order valence-corrected chi connectivity index (χ4v) is 2.82. The second-order valence-corrected chi connectivity index (χ2v) is 6.05. The molecule has 1 aromatic carbocycles. The molecule has 0 spiro atoms. The molecule has 3 rings (SSSR count). The van der Waals surface area contributed by atoms with E-state index in [1.54, 1.807) is 11.8 Å². The first-order chi connectivity index (χ1) is 11.8. The van der Waals surface area contributed by atoms with Gasteiger partial charge < -0.3 is 9.26 Å². The third-order valence-electron chi connectivity index (χ3n) is 3.29. The zero-order valence-corrected chi connectivity index (χ0v) is 14.4. The summed E-state index contributed by atoms with van der Waals surface area (Å²) >= 11 is 1.48. The number of ether oxygens (including phenoxy) is 1. The molecule has 8 nitrogen and oxygen atoms in total. The zero-order valence-electron chi connectivity index (χ0n) is 13.5. The van der Waals surface area contributed by atoms with E-state index in [0.29, 0.717) is 29.2 Å². The molecule has 0 saturated heterocycles. The first-order valence-electron chi connectivity index (χ1n) is 7.62. The van der Waals surface area contributed by atoms with Crippen molar-refractivity contribution in [1.29, 1.82) is 0 Å². The normalized spacial score (nSPS) is 10.9. The quantitative estimate of drug-likeness (QED) is 0.574. The number of hydrogen-bond acceptors (Lipinski definition) is 8. The number of aromatic nitrogens is 6. The molecule has 3 aromatic rings. The van der Waals surface area contributed by atoms with Gasteiger partial charge in [0.25, 0.3) is 0 Å². The first kappa shape index (κ1) is 16.4. The van der Waals surface area contributed by atoms with Crippen LogP contribution in [0, 0.1) is 0 Å². The highest BCUT2D eigenvalue weighted by Gasteiger charge is 2.11. The van der Waals surface area contributed by atoms with Crippen LogP contribution >= 0.6 is 11.8 Å². The number of tetrazole rings is 1. The van der Waals surface area contributed by atoms with Crippen LogP contribution in [-0.2, 0) is 18.7 Å². The van der Waals surface area contributed by atoms with E-state index in [-0.39, 0.29) is 0 Å². The summed E-state index contributed by atoms with van der Waals surface area (Å²) in [6.45, 7) is 2.67. The van der Waals surface area contributed by atoms with Crippen LogP contribution < -0.4 is 4.74 Å². The SMILES string of the molecule is CCCc1nc(CSc2nnnn2Cc2ccc(OC)cc2)no1. The molecule has 24 heavy (non-hydrogen) atoms. The monoisotopic (exact) mass is 346 g/mol. The summed E-state index contributed by atoms with van der Waals surface area (Å²) in [6.07, 6.45) is 1.78. The number of nitrogens with zero attached hydrogens (tertiary/aromatic N) is 6. The first-order valence-corrected chi connectivity index (χ1v) is 8.60. The van der Waals surface area contributed by atoms with Crippen molar-refractivity contribution in [3.05, 3.63) is 41.5 Å². The number of methoxy groups -OCH3 is 1. The standard InChI is InChI=1S/C15H18N6O2S/c1-3-4-14-16-13(18-23-14)10-24-15-17-19-20-21(15)9-11-5-7-12(22-2)8-6-11/h5-8H,3-4,9-10H2,1-2H3. The molecule has 0 amide bonds. The Morgan fingerprint density at radius 2 is 2.08 bits per heavy atom. The van der Waals surface area contributed by atoms with Crippen molar-refractivity contribution in [2.24, 2.45) is 0 Å². The molecule has 0 atom stereocenters. The van der Waals surface area contributed by atoms with Crippen LogP contribution in [0.15, 0.2) is 33.9 Å². The van der Waals surface area contributed by atoms with Crippen LogP contribution in [0.25, 0.3) is 0 Å². The Balaban J connectivity index is 1.61. The number of benzene rings is 1. The Morgan fingerprint density at radius 3 is 2.83 bits per heavy atom. The topological polar surface area (TPSA) is 91.8 Å². The lowest BCUT2D eigenvalue weighted by Crippen LogP contribution is -2.04. The van der Waals surface area contributed by atoms with Crippen LogP contribution in [-0.4, -0.2) is 37.5 Å². The minimum atomic E-state index is 0.566. The van der Waals surface area contributed by atoms with Gasteiger partial charge in [0, 0.05) is 6.42 Å². The van der Waals surface area contributed by atoms with Crippen molar-refractivity contribution < 1.29 is 9.26 Å². The predicted octanol–water partition coefficient (Wildman–Crippen LogP) is 2.36. The van der Waals surface area contributed by atoms with Gasteiger partial charge in [-0.1, -0.05) is 36.0 Å². The molecule has 2 heterocycles. The van der Waals surface area contributed by atoms with Gasteiger partial charge in [-0.15, -0.1) is 5.10 Å². The zero-order chi connectivity index (χ0) is 16.8. The van der Waals surface area contributed by atoms with E-state index in [9.17, 15) is 0 Å². The molecule has 9 heteroatoms. The van der Waals surface area contributed by atoms with Crippen LogP contribution in [0.1, 0.15) is 30.6 Å².